The van der Waals surface area contributed by atoms with Gasteiger partial charge in [-0.3, -0.25) is 9.69 Å². The van der Waals surface area contributed by atoms with Gasteiger partial charge in [0, 0.05) is 37.3 Å². The summed E-state index contributed by atoms with van der Waals surface area (Å²) >= 11 is 0. The summed E-state index contributed by atoms with van der Waals surface area (Å²) in [5.74, 6) is 3.54. The molecule has 2 N–H and O–H groups in total. The lowest BCUT2D eigenvalue weighted by atomic mass is 10.1. The maximum absolute atomic E-state index is 11.6. The number of nitrogens with one attached hydrogen (secondary N) is 2. The zero-order chi connectivity index (χ0) is 24.8. The second-order valence-electron chi connectivity index (χ2n) is 9.07. The molecule has 35 heavy (non-hydrogen) atoms. The molecule has 1 saturated heterocycles. The Bertz CT molecular complexity index is 1190. The van der Waals surface area contributed by atoms with Crippen molar-refractivity contribution >= 4 is 23.2 Å². The molecule has 1 aliphatic rings. The smallest absolute Gasteiger partial charge is 0.322 e. The van der Waals surface area contributed by atoms with Gasteiger partial charge in [-0.1, -0.05) is 38.8 Å². The summed E-state index contributed by atoms with van der Waals surface area (Å²) in [6.45, 7) is 9.08. The average molecular weight is 476 g/mol. The Morgan fingerprint density at radius 3 is 2.63 bits per heavy atom. The zero-order valence-corrected chi connectivity index (χ0v) is 20.6. The van der Waals surface area contributed by atoms with Crippen LogP contribution in [-0.4, -0.2) is 56.1 Å². The summed E-state index contributed by atoms with van der Waals surface area (Å²) in [7, 11) is 0. The Hall–Kier alpha value is -3.64. The third-order valence-electron chi connectivity index (χ3n) is 6.13. The van der Waals surface area contributed by atoms with E-state index in [0.717, 1.165) is 48.4 Å². The van der Waals surface area contributed by atoms with Gasteiger partial charge in [0.15, 0.2) is 5.65 Å². The third-order valence-corrected chi connectivity index (χ3v) is 6.13. The van der Waals surface area contributed by atoms with Gasteiger partial charge >= 0.3 is 6.01 Å². The first-order valence-corrected chi connectivity index (χ1v) is 12.2. The molecule has 0 radical (unpaired) electrons. The number of amides is 1. The Morgan fingerprint density at radius 2 is 1.97 bits per heavy atom. The van der Waals surface area contributed by atoms with Crippen LogP contribution in [0.4, 0.5) is 11.6 Å². The molecular formula is C26H33N7O2. The lowest BCUT2D eigenvalue weighted by Gasteiger charge is -2.30. The monoisotopic (exact) mass is 475 g/mol. The molecule has 2 aromatic heterocycles. The van der Waals surface area contributed by atoms with Crippen LogP contribution in [0.5, 0.6) is 6.01 Å². The highest BCUT2D eigenvalue weighted by atomic mass is 16.5. The second kappa shape index (κ2) is 11.2. The molecule has 9 heteroatoms. The van der Waals surface area contributed by atoms with Crippen LogP contribution >= 0.6 is 0 Å². The number of benzene rings is 1. The summed E-state index contributed by atoms with van der Waals surface area (Å²) in [5.41, 5.74) is 3.61. The standard InChI is InChI=1S/C26H33N7O2/c1-5-13-32-14-11-21(12-15-32)35-26-30-24-22(18(3)4)17-28-33(24)25(31-26)27-16-19-7-9-20(10-8-19)29-23(34)6-2/h1,7-10,17-18,21H,6,11-16H2,2-4H3,(H,29,34)(H,27,30,31). The molecule has 1 aromatic carbocycles. The summed E-state index contributed by atoms with van der Waals surface area (Å²) in [5, 5.41) is 10.8. The number of fused-ring (bicyclic) bond motifs is 1. The van der Waals surface area contributed by atoms with Crippen LogP contribution in [0, 0.1) is 12.3 Å². The topological polar surface area (TPSA) is 96.7 Å². The fourth-order valence-electron chi connectivity index (χ4n) is 4.05. The van der Waals surface area contributed by atoms with Crippen molar-refractivity contribution in [2.75, 3.05) is 30.3 Å². The van der Waals surface area contributed by atoms with E-state index in [9.17, 15) is 4.79 Å². The van der Waals surface area contributed by atoms with E-state index in [1.54, 1.807) is 4.52 Å². The van der Waals surface area contributed by atoms with Gasteiger partial charge in [-0.05, 0) is 36.5 Å². The van der Waals surface area contributed by atoms with Crippen molar-refractivity contribution in [3.63, 3.8) is 0 Å². The third kappa shape index (κ3) is 6.08. The molecule has 0 unspecified atom stereocenters. The van der Waals surface area contributed by atoms with Crippen LogP contribution in [0.15, 0.2) is 30.5 Å². The Balaban J connectivity index is 1.50. The van der Waals surface area contributed by atoms with Gasteiger partial charge in [-0.25, -0.2) is 0 Å². The molecule has 1 amide bonds. The SMILES string of the molecule is C#CCN1CCC(Oc2nc(NCc3ccc(NC(=O)CC)cc3)n3ncc(C(C)C)c3n2)CC1. The predicted molar refractivity (Wildman–Crippen MR) is 136 cm³/mol. The fourth-order valence-corrected chi connectivity index (χ4v) is 4.05. The lowest BCUT2D eigenvalue weighted by Crippen LogP contribution is -2.38. The minimum atomic E-state index is -0.00635. The predicted octanol–water partition coefficient (Wildman–Crippen LogP) is 3.68. The molecule has 0 aliphatic carbocycles. The molecule has 0 spiro atoms. The molecule has 0 bridgehead atoms. The first-order chi connectivity index (χ1) is 17.0. The fraction of sp³-hybridized carbons (Fsp3) is 0.462. The van der Waals surface area contributed by atoms with E-state index < -0.39 is 0 Å². The second-order valence-corrected chi connectivity index (χ2v) is 9.07. The van der Waals surface area contributed by atoms with E-state index in [0.29, 0.717) is 31.5 Å². The number of hydrogen-bond donors (Lipinski definition) is 2. The number of aromatic nitrogens is 4. The molecule has 1 fully saturated rings. The average Bonchev–Trinajstić information content (AvgIpc) is 3.29. The van der Waals surface area contributed by atoms with Gasteiger partial charge in [0.1, 0.15) is 6.10 Å². The van der Waals surface area contributed by atoms with Crippen molar-refractivity contribution in [2.24, 2.45) is 0 Å². The number of ether oxygens (including phenoxy) is 1. The quantitative estimate of drug-likeness (QED) is 0.456. The molecule has 3 aromatic rings. The van der Waals surface area contributed by atoms with E-state index >= 15 is 0 Å². The molecule has 0 atom stereocenters. The van der Waals surface area contributed by atoms with E-state index in [2.05, 4.69) is 45.4 Å². The van der Waals surface area contributed by atoms with Crippen molar-refractivity contribution in [3.05, 3.63) is 41.6 Å². The highest BCUT2D eigenvalue weighted by Crippen LogP contribution is 2.24. The van der Waals surface area contributed by atoms with Gasteiger partial charge in [0.2, 0.25) is 11.9 Å². The highest BCUT2D eigenvalue weighted by Gasteiger charge is 2.22. The van der Waals surface area contributed by atoms with Gasteiger partial charge in [-0.2, -0.15) is 19.6 Å². The van der Waals surface area contributed by atoms with E-state index in [-0.39, 0.29) is 17.9 Å². The van der Waals surface area contributed by atoms with Crippen LogP contribution in [0.3, 0.4) is 0 Å². The number of carbonyl (C=O) groups excluding carboxylic acids is 1. The number of anilines is 2. The van der Waals surface area contributed by atoms with Crippen LogP contribution in [0.25, 0.3) is 5.65 Å². The molecule has 3 heterocycles. The maximum Gasteiger partial charge on any atom is 0.322 e. The highest BCUT2D eigenvalue weighted by molar-refractivity contribution is 5.90. The normalized spacial score (nSPS) is 14.7. The zero-order valence-electron chi connectivity index (χ0n) is 20.6. The Morgan fingerprint density at radius 1 is 1.23 bits per heavy atom. The van der Waals surface area contributed by atoms with Crippen molar-refractivity contribution in [2.45, 2.75) is 58.6 Å². The molecule has 1 aliphatic heterocycles. The Kier molecular flexibility index (Phi) is 7.83. The van der Waals surface area contributed by atoms with Gasteiger partial charge in [0.05, 0.1) is 12.7 Å². The van der Waals surface area contributed by atoms with Gasteiger partial charge in [-0.15, -0.1) is 6.42 Å². The molecule has 9 nitrogen and oxygen atoms in total. The summed E-state index contributed by atoms with van der Waals surface area (Å²) in [6, 6.07) is 8.09. The van der Waals surface area contributed by atoms with Crippen LogP contribution in [0.1, 0.15) is 57.1 Å². The van der Waals surface area contributed by atoms with E-state index in [1.807, 2.05) is 37.4 Å². The van der Waals surface area contributed by atoms with Crippen molar-refractivity contribution in [1.82, 2.24) is 24.5 Å². The number of rotatable bonds is 9. The van der Waals surface area contributed by atoms with Crippen LogP contribution in [-0.2, 0) is 11.3 Å². The lowest BCUT2D eigenvalue weighted by molar-refractivity contribution is -0.115. The summed E-state index contributed by atoms with van der Waals surface area (Å²) in [6.07, 6.45) is 9.55. The maximum atomic E-state index is 11.6. The number of carbonyl (C=O) groups is 1. The first kappa shape index (κ1) is 24.5. The number of hydrogen-bond acceptors (Lipinski definition) is 7. The number of nitrogens with zero attached hydrogens (tertiary/aromatic N) is 5. The molecule has 184 valence electrons. The molecule has 0 saturated carbocycles. The molecule has 4 rings (SSSR count). The minimum Gasteiger partial charge on any atom is -0.460 e. The molecular weight excluding hydrogens is 442 g/mol. The van der Waals surface area contributed by atoms with E-state index in [4.69, 9.17) is 16.1 Å². The number of likely N-dealkylation sites (tertiary alicyclic amines) is 1. The minimum absolute atomic E-state index is 0.00635. The Labute approximate surface area is 206 Å². The van der Waals surface area contributed by atoms with E-state index in [1.165, 1.54) is 0 Å². The summed E-state index contributed by atoms with van der Waals surface area (Å²) < 4.78 is 7.96. The van der Waals surface area contributed by atoms with Gasteiger partial charge < -0.3 is 15.4 Å². The van der Waals surface area contributed by atoms with Crippen LogP contribution < -0.4 is 15.4 Å². The largest absolute Gasteiger partial charge is 0.460 e. The summed E-state index contributed by atoms with van der Waals surface area (Å²) in [4.78, 5) is 23.2. The number of piperidine rings is 1. The van der Waals surface area contributed by atoms with Crippen molar-refractivity contribution < 1.29 is 9.53 Å². The number of terminal acetylenes is 1. The van der Waals surface area contributed by atoms with Crippen LogP contribution in [0.2, 0.25) is 0 Å². The van der Waals surface area contributed by atoms with Gasteiger partial charge in [0.25, 0.3) is 0 Å². The van der Waals surface area contributed by atoms with Crippen molar-refractivity contribution in [1.29, 1.82) is 0 Å². The first-order valence-electron chi connectivity index (χ1n) is 12.2. The van der Waals surface area contributed by atoms with Crippen molar-refractivity contribution in [3.8, 4) is 18.4 Å².